The monoisotopic (exact) mass is 380 g/mol. The minimum Gasteiger partial charge on any atom is -0.345 e. The Balaban J connectivity index is 1.84. The number of aryl methyl sites for hydroxylation is 1. The fourth-order valence-electron chi connectivity index (χ4n) is 3.23. The number of carbonyl (C=O) groups is 1. The Kier molecular flexibility index (Phi) is 6.17. The normalized spacial score (nSPS) is 12.3. The van der Waals surface area contributed by atoms with Gasteiger partial charge in [0.25, 0.3) is 5.91 Å². The summed E-state index contributed by atoms with van der Waals surface area (Å²) in [6, 6.07) is 16.8. The van der Waals surface area contributed by atoms with Crippen molar-refractivity contribution in [1.82, 2.24) is 9.47 Å². The molecular formula is C23H28N2OS. The zero-order valence-electron chi connectivity index (χ0n) is 16.6. The average Bonchev–Trinajstić information content (AvgIpc) is 3.31. The first-order chi connectivity index (χ1) is 13.0. The van der Waals surface area contributed by atoms with Gasteiger partial charge in [0.15, 0.2) is 0 Å². The van der Waals surface area contributed by atoms with Crippen molar-refractivity contribution in [2.24, 2.45) is 5.92 Å². The van der Waals surface area contributed by atoms with E-state index in [4.69, 9.17) is 0 Å². The summed E-state index contributed by atoms with van der Waals surface area (Å²) in [5.41, 5.74) is 3.71. The molecule has 0 aliphatic heterocycles. The lowest BCUT2D eigenvalue weighted by molar-refractivity contribution is 0.0628. The van der Waals surface area contributed by atoms with Gasteiger partial charge in [0.2, 0.25) is 0 Å². The molecule has 0 saturated heterocycles. The molecule has 2 heterocycles. The molecule has 3 nitrogen and oxygen atoms in total. The van der Waals surface area contributed by atoms with Crippen molar-refractivity contribution in [3.8, 4) is 0 Å². The van der Waals surface area contributed by atoms with E-state index in [0.717, 1.165) is 17.1 Å². The number of benzene rings is 1. The maximum absolute atomic E-state index is 13.1. The number of carbonyl (C=O) groups excluding carboxylic acids is 1. The molecule has 0 N–H and O–H groups in total. The van der Waals surface area contributed by atoms with E-state index in [2.05, 4.69) is 74.9 Å². The van der Waals surface area contributed by atoms with Crippen LogP contribution in [0.25, 0.3) is 0 Å². The van der Waals surface area contributed by atoms with Gasteiger partial charge in [0, 0.05) is 24.5 Å². The van der Waals surface area contributed by atoms with Crippen LogP contribution in [0.15, 0.2) is 60.1 Å². The molecule has 0 aliphatic rings. The molecule has 1 aromatic carbocycles. The van der Waals surface area contributed by atoms with Crippen LogP contribution in [-0.2, 0) is 13.1 Å². The highest BCUT2D eigenvalue weighted by Crippen LogP contribution is 2.21. The topological polar surface area (TPSA) is 25.2 Å². The van der Waals surface area contributed by atoms with E-state index in [1.165, 1.54) is 22.5 Å². The summed E-state index contributed by atoms with van der Waals surface area (Å²) in [5.74, 6) is 0.517. The highest BCUT2D eigenvalue weighted by atomic mass is 32.1. The molecule has 3 rings (SSSR count). The van der Waals surface area contributed by atoms with Gasteiger partial charge in [0.05, 0.1) is 11.4 Å². The minimum absolute atomic E-state index is 0.120. The van der Waals surface area contributed by atoms with Gasteiger partial charge in [-0.2, -0.15) is 0 Å². The number of nitrogens with zero attached hydrogens (tertiary/aromatic N) is 2. The zero-order valence-corrected chi connectivity index (χ0v) is 17.4. The van der Waals surface area contributed by atoms with Crippen LogP contribution >= 0.6 is 11.3 Å². The third-order valence-corrected chi connectivity index (χ3v) is 6.00. The Bertz CT molecular complexity index is 879. The van der Waals surface area contributed by atoms with Gasteiger partial charge in [-0.3, -0.25) is 4.79 Å². The number of rotatable bonds is 7. The maximum Gasteiger partial charge on any atom is 0.264 e. The van der Waals surface area contributed by atoms with Crippen molar-refractivity contribution in [3.05, 3.63) is 81.8 Å². The molecule has 0 saturated carbocycles. The second-order valence-corrected chi connectivity index (χ2v) is 8.46. The lowest BCUT2D eigenvalue weighted by Gasteiger charge is -2.32. The van der Waals surface area contributed by atoms with E-state index in [1.807, 2.05) is 22.4 Å². The smallest absolute Gasteiger partial charge is 0.264 e. The Hall–Kier alpha value is -2.33. The molecule has 0 bridgehead atoms. The number of hydrogen-bond acceptors (Lipinski definition) is 2. The van der Waals surface area contributed by atoms with Gasteiger partial charge in [-0.1, -0.05) is 49.7 Å². The Labute approximate surface area is 166 Å². The van der Waals surface area contributed by atoms with Crippen molar-refractivity contribution in [1.29, 1.82) is 0 Å². The molecule has 142 valence electrons. The standard InChI is InChI=1S/C23H28N2OS/c1-17(2)19(4)25(23(26)22-11-7-13-27-22)16-21-10-6-12-24(21)15-20-9-5-8-18(3)14-20/h5-14,17,19H,15-16H2,1-4H3. The molecule has 1 atom stereocenters. The van der Waals surface area contributed by atoms with Crippen molar-refractivity contribution in [2.45, 2.75) is 46.8 Å². The van der Waals surface area contributed by atoms with Gasteiger partial charge in [-0.25, -0.2) is 0 Å². The van der Waals surface area contributed by atoms with Crippen LogP contribution in [0.3, 0.4) is 0 Å². The molecule has 27 heavy (non-hydrogen) atoms. The van der Waals surface area contributed by atoms with Crippen molar-refractivity contribution in [3.63, 3.8) is 0 Å². The summed E-state index contributed by atoms with van der Waals surface area (Å²) in [5, 5.41) is 1.96. The fraction of sp³-hybridized carbons (Fsp3) is 0.348. The summed E-state index contributed by atoms with van der Waals surface area (Å²) in [6.45, 7) is 10.0. The summed E-state index contributed by atoms with van der Waals surface area (Å²) in [4.78, 5) is 15.9. The van der Waals surface area contributed by atoms with Crippen LogP contribution in [-0.4, -0.2) is 21.4 Å². The number of aromatic nitrogens is 1. The molecule has 3 aromatic rings. The molecule has 4 heteroatoms. The first-order valence-electron chi connectivity index (χ1n) is 9.49. The Morgan fingerprint density at radius 3 is 2.59 bits per heavy atom. The summed E-state index contributed by atoms with van der Waals surface area (Å²) in [6.07, 6.45) is 2.10. The van der Waals surface area contributed by atoms with E-state index in [0.29, 0.717) is 12.5 Å². The highest BCUT2D eigenvalue weighted by Gasteiger charge is 2.25. The van der Waals surface area contributed by atoms with Gasteiger partial charge in [0.1, 0.15) is 0 Å². The SMILES string of the molecule is Cc1cccc(Cn2cccc2CN(C(=O)c2cccs2)C(C)C(C)C)c1. The molecular weight excluding hydrogens is 352 g/mol. The second-order valence-electron chi connectivity index (χ2n) is 7.51. The predicted octanol–water partition coefficient (Wildman–Crippen LogP) is 5.59. The van der Waals surface area contributed by atoms with E-state index in [-0.39, 0.29) is 11.9 Å². The van der Waals surface area contributed by atoms with E-state index in [1.54, 1.807) is 0 Å². The summed E-state index contributed by atoms with van der Waals surface area (Å²) in [7, 11) is 0. The molecule has 0 spiro atoms. The Morgan fingerprint density at radius 2 is 1.93 bits per heavy atom. The van der Waals surface area contributed by atoms with Gasteiger partial charge < -0.3 is 9.47 Å². The lowest BCUT2D eigenvalue weighted by Crippen LogP contribution is -2.41. The van der Waals surface area contributed by atoms with E-state index < -0.39 is 0 Å². The van der Waals surface area contributed by atoms with E-state index >= 15 is 0 Å². The average molecular weight is 381 g/mol. The maximum atomic E-state index is 13.1. The molecule has 1 unspecified atom stereocenters. The summed E-state index contributed by atoms with van der Waals surface area (Å²) >= 11 is 1.51. The predicted molar refractivity (Wildman–Crippen MR) is 113 cm³/mol. The zero-order chi connectivity index (χ0) is 19.4. The van der Waals surface area contributed by atoms with Gasteiger partial charge in [-0.15, -0.1) is 11.3 Å². The number of thiophene rings is 1. The van der Waals surface area contributed by atoms with Crippen LogP contribution in [0.4, 0.5) is 0 Å². The van der Waals surface area contributed by atoms with Crippen LogP contribution in [0.5, 0.6) is 0 Å². The first-order valence-corrected chi connectivity index (χ1v) is 10.4. The Morgan fingerprint density at radius 1 is 1.11 bits per heavy atom. The van der Waals surface area contributed by atoms with E-state index in [9.17, 15) is 4.79 Å². The van der Waals surface area contributed by atoms with Gasteiger partial charge >= 0.3 is 0 Å². The number of hydrogen-bond donors (Lipinski definition) is 0. The minimum atomic E-state index is 0.120. The quantitative estimate of drug-likeness (QED) is 0.524. The fourth-order valence-corrected chi connectivity index (χ4v) is 3.91. The molecule has 0 fully saturated rings. The lowest BCUT2D eigenvalue weighted by atomic mass is 10.0. The van der Waals surface area contributed by atoms with Crippen LogP contribution in [0.2, 0.25) is 0 Å². The molecule has 1 amide bonds. The first kappa shape index (κ1) is 19.4. The molecule has 2 aromatic heterocycles. The largest absolute Gasteiger partial charge is 0.345 e. The third kappa shape index (κ3) is 4.69. The summed E-state index contributed by atoms with van der Waals surface area (Å²) < 4.78 is 2.25. The molecule has 0 radical (unpaired) electrons. The number of amides is 1. The van der Waals surface area contributed by atoms with Crippen LogP contribution in [0, 0.1) is 12.8 Å². The third-order valence-electron chi connectivity index (χ3n) is 5.14. The van der Waals surface area contributed by atoms with Crippen LogP contribution in [0.1, 0.15) is 47.3 Å². The van der Waals surface area contributed by atoms with Gasteiger partial charge in [-0.05, 0) is 48.9 Å². The highest BCUT2D eigenvalue weighted by molar-refractivity contribution is 7.12. The second kappa shape index (κ2) is 8.57. The van der Waals surface area contributed by atoms with Crippen molar-refractivity contribution >= 4 is 17.2 Å². The molecule has 0 aliphatic carbocycles. The van der Waals surface area contributed by atoms with Crippen molar-refractivity contribution < 1.29 is 4.79 Å². The van der Waals surface area contributed by atoms with Crippen molar-refractivity contribution in [2.75, 3.05) is 0 Å². The van der Waals surface area contributed by atoms with Crippen LogP contribution < -0.4 is 0 Å².